The van der Waals surface area contributed by atoms with Crippen molar-refractivity contribution in [2.75, 3.05) is 0 Å². The lowest BCUT2D eigenvalue weighted by Crippen LogP contribution is -1.92. The van der Waals surface area contributed by atoms with Crippen LogP contribution in [0.2, 0.25) is 0 Å². The molecule has 0 bridgehead atoms. The Morgan fingerprint density at radius 1 is 1.00 bits per heavy atom. The van der Waals surface area contributed by atoms with E-state index in [9.17, 15) is 0 Å². The number of benzene rings is 2. The van der Waals surface area contributed by atoms with E-state index in [1.54, 1.807) is 18.0 Å². The van der Waals surface area contributed by atoms with Gasteiger partial charge in [-0.05, 0) is 44.2 Å². The van der Waals surface area contributed by atoms with Crippen molar-refractivity contribution in [1.82, 2.24) is 19.6 Å². The summed E-state index contributed by atoms with van der Waals surface area (Å²) in [6.45, 7) is 4.03. The average Bonchev–Trinajstić information content (AvgIpc) is 3.37. The molecule has 3 aromatic heterocycles. The summed E-state index contributed by atoms with van der Waals surface area (Å²) in [5, 5.41) is 5.63. The van der Waals surface area contributed by atoms with E-state index in [1.807, 2.05) is 41.9 Å². The van der Waals surface area contributed by atoms with Crippen molar-refractivity contribution in [1.29, 1.82) is 0 Å². The number of nitrogens with zero attached hydrogens (tertiary/aromatic N) is 4. The summed E-state index contributed by atoms with van der Waals surface area (Å²) >= 11 is 5.12. The lowest BCUT2D eigenvalue weighted by Gasteiger charge is -2.01. The standard InChI is InChI=1S/C24H19BrN4OS/c1-15-3-5-18(6-4-15)23-27-21(16(2)30-23)14-31-24-22-13-20(28-29(22)12-11-26-24)17-7-9-19(25)10-8-17/h3-13H,14H2,1-2H3. The normalized spacial score (nSPS) is 11.3. The molecule has 5 rings (SSSR count). The highest BCUT2D eigenvalue weighted by molar-refractivity contribution is 9.10. The summed E-state index contributed by atoms with van der Waals surface area (Å²) in [6.07, 6.45) is 3.65. The molecule has 5 aromatic rings. The van der Waals surface area contributed by atoms with E-state index in [1.165, 1.54) is 5.56 Å². The van der Waals surface area contributed by atoms with E-state index >= 15 is 0 Å². The van der Waals surface area contributed by atoms with Gasteiger partial charge >= 0.3 is 0 Å². The summed E-state index contributed by atoms with van der Waals surface area (Å²) in [4.78, 5) is 9.31. The van der Waals surface area contributed by atoms with Gasteiger partial charge in [0.2, 0.25) is 5.89 Å². The molecule has 154 valence electrons. The van der Waals surface area contributed by atoms with E-state index < -0.39 is 0 Å². The Morgan fingerprint density at radius 2 is 1.74 bits per heavy atom. The molecular weight excluding hydrogens is 472 g/mol. The molecule has 0 N–H and O–H groups in total. The van der Waals surface area contributed by atoms with Gasteiger partial charge in [-0.2, -0.15) is 5.10 Å². The molecule has 0 aliphatic carbocycles. The van der Waals surface area contributed by atoms with Gasteiger partial charge in [0.15, 0.2) is 0 Å². The van der Waals surface area contributed by atoms with Crippen molar-refractivity contribution in [2.24, 2.45) is 0 Å². The Bertz CT molecular complexity index is 1360. The first-order valence-corrected chi connectivity index (χ1v) is 11.6. The molecular formula is C24H19BrN4OS. The lowest BCUT2D eigenvalue weighted by atomic mass is 10.1. The van der Waals surface area contributed by atoms with E-state index in [2.05, 4.69) is 58.2 Å². The van der Waals surface area contributed by atoms with Crippen LogP contribution in [0.15, 0.2) is 80.9 Å². The second-order valence-electron chi connectivity index (χ2n) is 7.28. The third-order valence-electron chi connectivity index (χ3n) is 5.03. The number of fused-ring (bicyclic) bond motifs is 1. The largest absolute Gasteiger partial charge is 0.441 e. The molecule has 7 heteroatoms. The van der Waals surface area contributed by atoms with Crippen molar-refractivity contribution < 1.29 is 4.42 Å². The minimum absolute atomic E-state index is 0.654. The van der Waals surface area contributed by atoms with Crippen LogP contribution in [-0.2, 0) is 5.75 Å². The summed E-state index contributed by atoms with van der Waals surface area (Å²) in [5.74, 6) is 2.16. The first-order chi connectivity index (χ1) is 15.1. The van der Waals surface area contributed by atoms with Crippen LogP contribution in [-0.4, -0.2) is 19.6 Å². The van der Waals surface area contributed by atoms with Crippen LogP contribution in [0, 0.1) is 13.8 Å². The molecule has 0 atom stereocenters. The van der Waals surface area contributed by atoms with Crippen molar-refractivity contribution in [2.45, 2.75) is 24.6 Å². The third kappa shape index (κ3) is 4.16. The fourth-order valence-corrected chi connectivity index (χ4v) is 4.53. The van der Waals surface area contributed by atoms with Crippen LogP contribution in [0.4, 0.5) is 0 Å². The third-order valence-corrected chi connectivity index (χ3v) is 6.57. The van der Waals surface area contributed by atoms with E-state index in [4.69, 9.17) is 14.5 Å². The Morgan fingerprint density at radius 3 is 2.52 bits per heavy atom. The average molecular weight is 491 g/mol. The highest BCUT2D eigenvalue weighted by atomic mass is 79.9. The Balaban J connectivity index is 1.40. The van der Waals surface area contributed by atoms with E-state index in [-0.39, 0.29) is 0 Å². The summed E-state index contributed by atoms with van der Waals surface area (Å²) in [7, 11) is 0. The second-order valence-corrected chi connectivity index (χ2v) is 9.15. The van der Waals surface area contributed by atoms with Gasteiger partial charge in [0.1, 0.15) is 10.8 Å². The van der Waals surface area contributed by atoms with Gasteiger partial charge in [0, 0.05) is 33.7 Å². The van der Waals surface area contributed by atoms with E-state index in [0.717, 1.165) is 43.3 Å². The number of thioether (sulfide) groups is 1. The van der Waals surface area contributed by atoms with Gasteiger partial charge in [-0.25, -0.2) is 14.5 Å². The van der Waals surface area contributed by atoms with Gasteiger partial charge in [-0.3, -0.25) is 0 Å². The van der Waals surface area contributed by atoms with Gasteiger partial charge in [-0.15, -0.1) is 0 Å². The zero-order valence-corrected chi connectivity index (χ0v) is 19.4. The zero-order chi connectivity index (χ0) is 21.4. The molecule has 31 heavy (non-hydrogen) atoms. The number of oxazole rings is 1. The number of rotatable bonds is 5. The Labute approximate surface area is 192 Å². The highest BCUT2D eigenvalue weighted by Crippen LogP contribution is 2.30. The summed E-state index contributed by atoms with van der Waals surface area (Å²) in [6, 6.07) is 18.4. The predicted octanol–water partition coefficient (Wildman–Crippen LogP) is 6.72. The molecule has 0 spiro atoms. The maximum absolute atomic E-state index is 5.92. The van der Waals surface area contributed by atoms with E-state index in [0.29, 0.717) is 11.6 Å². The minimum atomic E-state index is 0.654. The molecule has 3 heterocycles. The molecule has 0 saturated carbocycles. The second kappa shape index (κ2) is 8.32. The molecule has 5 nitrogen and oxygen atoms in total. The molecule has 0 saturated heterocycles. The van der Waals surface area contributed by atoms with Crippen LogP contribution in [0.25, 0.3) is 28.2 Å². The maximum atomic E-state index is 5.92. The first kappa shape index (κ1) is 20.0. The molecule has 0 fully saturated rings. The number of hydrogen-bond acceptors (Lipinski definition) is 5. The van der Waals surface area contributed by atoms with Crippen LogP contribution in [0.1, 0.15) is 17.0 Å². The predicted molar refractivity (Wildman–Crippen MR) is 127 cm³/mol. The molecule has 0 unspecified atom stereocenters. The molecule has 0 aliphatic heterocycles. The molecule has 0 radical (unpaired) electrons. The fraction of sp³-hybridized carbons (Fsp3) is 0.125. The molecule has 0 aliphatic rings. The van der Waals surface area contributed by atoms with Gasteiger partial charge in [0.05, 0.1) is 16.9 Å². The topological polar surface area (TPSA) is 56.2 Å². The van der Waals surface area contributed by atoms with Gasteiger partial charge in [0.25, 0.3) is 0 Å². The quantitative estimate of drug-likeness (QED) is 0.256. The number of aromatic nitrogens is 4. The number of aryl methyl sites for hydroxylation is 2. The van der Waals surface area contributed by atoms with Crippen molar-refractivity contribution in [3.63, 3.8) is 0 Å². The Hall–Kier alpha value is -2.90. The SMILES string of the molecule is Cc1ccc(-c2nc(CSc3nccn4nc(-c5ccc(Br)cc5)cc34)c(C)o2)cc1. The summed E-state index contributed by atoms with van der Waals surface area (Å²) < 4.78 is 8.84. The van der Waals surface area contributed by atoms with Gasteiger partial charge < -0.3 is 4.42 Å². The van der Waals surface area contributed by atoms with Gasteiger partial charge in [-0.1, -0.05) is 57.5 Å². The Kier molecular flexibility index (Phi) is 5.38. The van der Waals surface area contributed by atoms with Crippen LogP contribution < -0.4 is 0 Å². The molecule has 0 amide bonds. The van der Waals surface area contributed by atoms with Crippen LogP contribution in [0.5, 0.6) is 0 Å². The monoisotopic (exact) mass is 490 g/mol. The molecule has 2 aromatic carbocycles. The van der Waals surface area contributed by atoms with Crippen molar-refractivity contribution in [3.05, 3.63) is 88.5 Å². The lowest BCUT2D eigenvalue weighted by molar-refractivity contribution is 0.540. The smallest absolute Gasteiger partial charge is 0.226 e. The fourth-order valence-electron chi connectivity index (χ4n) is 3.29. The van der Waals surface area contributed by atoms with Crippen molar-refractivity contribution in [3.8, 4) is 22.7 Å². The van der Waals surface area contributed by atoms with Crippen molar-refractivity contribution >= 4 is 33.2 Å². The summed E-state index contributed by atoms with van der Waals surface area (Å²) in [5.41, 5.74) is 6.09. The zero-order valence-electron chi connectivity index (χ0n) is 17.0. The van der Waals surface area contributed by atoms with Crippen LogP contribution in [0.3, 0.4) is 0 Å². The first-order valence-electron chi connectivity index (χ1n) is 9.83. The minimum Gasteiger partial charge on any atom is -0.441 e. The number of hydrogen-bond donors (Lipinski definition) is 0. The number of halogens is 1. The maximum Gasteiger partial charge on any atom is 0.226 e. The van der Waals surface area contributed by atoms with Crippen LogP contribution >= 0.6 is 27.7 Å². The highest BCUT2D eigenvalue weighted by Gasteiger charge is 2.14.